The number of rotatable bonds is 5. The molecule has 5 heteroatoms. The van der Waals surface area contributed by atoms with Crippen molar-refractivity contribution in [3.8, 4) is 11.5 Å². The number of hydrogen-bond acceptors (Lipinski definition) is 3. The average molecular weight is 317 g/mol. The summed E-state index contributed by atoms with van der Waals surface area (Å²) in [5, 5.41) is 2.85. The van der Waals surface area contributed by atoms with Crippen molar-refractivity contribution in [2.24, 2.45) is 0 Å². The Balaban J connectivity index is 2.16. The van der Waals surface area contributed by atoms with Crippen molar-refractivity contribution in [1.29, 1.82) is 0 Å². The Morgan fingerprint density at radius 2 is 1.78 bits per heavy atom. The lowest BCUT2D eigenvalue weighted by Crippen LogP contribution is -2.26. The van der Waals surface area contributed by atoms with E-state index in [9.17, 15) is 9.18 Å². The normalized spacial score (nSPS) is 11.7. The minimum atomic E-state index is -0.392. The van der Waals surface area contributed by atoms with E-state index in [-0.39, 0.29) is 11.9 Å². The van der Waals surface area contributed by atoms with Crippen molar-refractivity contribution >= 4 is 5.91 Å². The molecule has 0 spiro atoms. The van der Waals surface area contributed by atoms with Crippen molar-refractivity contribution in [2.45, 2.75) is 19.9 Å². The highest BCUT2D eigenvalue weighted by atomic mass is 19.1. The summed E-state index contributed by atoms with van der Waals surface area (Å²) in [6.45, 7) is 3.51. The van der Waals surface area contributed by atoms with Crippen molar-refractivity contribution in [3.63, 3.8) is 0 Å². The molecule has 0 bridgehead atoms. The molecule has 0 saturated heterocycles. The molecule has 0 aromatic heterocycles. The summed E-state index contributed by atoms with van der Waals surface area (Å²) in [7, 11) is 3.12. The Kier molecular flexibility index (Phi) is 5.21. The molecular formula is C18H20FNO3. The van der Waals surface area contributed by atoms with Gasteiger partial charge in [-0.05, 0) is 49.2 Å². The van der Waals surface area contributed by atoms with Crippen LogP contribution in [0.5, 0.6) is 11.5 Å². The molecule has 2 rings (SSSR count). The highest BCUT2D eigenvalue weighted by Gasteiger charge is 2.14. The summed E-state index contributed by atoms with van der Waals surface area (Å²) in [5.41, 5.74) is 1.67. The third-order valence-electron chi connectivity index (χ3n) is 3.69. The van der Waals surface area contributed by atoms with Crippen LogP contribution < -0.4 is 14.8 Å². The molecular weight excluding hydrogens is 297 g/mol. The first kappa shape index (κ1) is 16.8. The number of amides is 1. The van der Waals surface area contributed by atoms with Gasteiger partial charge in [0.1, 0.15) is 5.82 Å². The molecule has 0 aliphatic heterocycles. The lowest BCUT2D eigenvalue weighted by Gasteiger charge is -2.16. The zero-order chi connectivity index (χ0) is 17.0. The molecule has 122 valence electrons. The van der Waals surface area contributed by atoms with Crippen molar-refractivity contribution in [2.75, 3.05) is 14.2 Å². The maximum absolute atomic E-state index is 13.6. The molecule has 1 N–H and O–H groups in total. The van der Waals surface area contributed by atoms with Gasteiger partial charge in [-0.1, -0.05) is 12.1 Å². The van der Waals surface area contributed by atoms with E-state index in [1.807, 2.05) is 13.0 Å². The number of ether oxygens (including phenoxy) is 2. The second-order valence-electron chi connectivity index (χ2n) is 5.27. The molecule has 4 nitrogen and oxygen atoms in total. The number of carbonyl (C=O) groups excluding carboxylic acids is 1. The Hall–Kier alpha value is -2.56. The van der Waals surface area contributed by atoms with Gasteiger partial charge in [-0.2, -0.15) is 0 Å². The van der Waals surface area contributed by atoms with E-state index >= 15 is 0 Å². The zero-order valence-electron chi connectivity index (χ0n) is 13.6. The van der Waals surface area contributed by atoms with Crippen LogP contribution in [0.15, 0.2) is 36.4 Å². The molecule has 0 radical (unpaired) electrons. The van der Waals surface area contributed by atoms with Gasteiger partial charge < -0.3 is 14.8 Å². The quantitative estimate of drug-likeness (QED) is 0.916. The van der Waals surface area contributed by atoms with Crippen LogP contribution in [0.1, 0.15) is 34.5 Å². The molecule has 2 aromatic carbocycles. The molecule has 23 heavy (non-hydrogen) atoms. The summed E-state index contributed by atoms with van der Waals surface area (Å²) in [6.07, 6.45) is 0. The maximum atomic E-state index is 13.6. The number of benzene rings is 2. The Morgan fingerprint density at radius 3 is 2.39 bits per heavy atom. The molecule has 0 aliphatic rings. The number of carbonyl (C=O) groups is 1. The lowest BCUT2D eigenvalue weighted by molar-refractivity contribution is 0.0939. The van der Waals surface area contributed by atoms with Gasteiger partial charge in [-0.15, -0.1) is 0 Å². The molecule has 0 saturated carbocycles. The second-order valence-corrected chi connectivity index (χ2v) is 5.27. The van der Waals surface area contributed by atoms with Gasteiger partial charge in [-0.25, -0.2) is 4.39 Å². The lowest BCUT2D eigenvalue weighted by atomic mass is 10.1. The molecule has 1 amide bonds. The van der Waals surface area contributed by atoms with Crippen LogP contribution in [-0.4, -0.2) is 20.1 Å². The first-order chi connectivity index (χ1) is 11.0. The predicted octanol–water partition coefficient (Wildman–Crippen LogP) is 3.64. The molecule has 0 fully saturated rings. The van der Waals surface area contributed by atoms with Crippen LogP contribution in [0.25, 0.3) is 0 Å². The second kappa shape index (κ2) is 7.13. The topological polar surface area (TPSA) is 47.6 Å². The smallest absolute Gasteiger partial charge is 0.251 e. The SMILES string of the molecule is COc1ccc(C(C)NC(=O)c2ccc(C)c(F)c2)cc1OC. The number of methoxy groups -OCH3 is 2. The van der Waals surface area contributed by atoms with Crippen molar-refractivity contribution in [3.05, 3.63) is 58.9 Å². The fourth-order valence-corrected chi connectivity index (χ4v) is 2.22. The zero-order valence-corrected chi connectivity index (χ0v) is 13.6. The fraction of sp³-hybridized carbons (Fsp3) is 0.278. The van der Waals surface area contributed by atoms with Crippen LogP contribution in [0.4, 0.5) is 4.39 Å². The first-order valence-corrected chi connectivity index (χ1v) is 7.25. The molecule has 2 aromatic rings. The van der Waals surface area contributed by atoms with E-state index < -0.39 is 5.82 Å². The molecule has 1 unspecified atom stereocenters. The predicted molar refractivity (Wildman–Crippen MR) is 86.6 cm³/mol. The van der Waals surface area contributed by atoms with E-state index in [0.717, 1.165) is 5.56 Å². The number of aryl methyl sites for hydroxylation is 1. The Morgan fingerprint density at radius 1 is 1.09 bits per heavy atom. The summed E-state index contributed by atoms with van der Waals surface area (Å²) in [5.74, 6) is 0.491. The van der Waals surface area contributed by atoms with Gasteiger partial charge in [0.25, 0.3) is 5.91 Å². The van der Waals surface area contributed by atoms with Crippen LogP contribution in [-0.2, 0) is 0 Å². The van der Waals surface area contributed by atoms with Crippen molar-refractivity contribution < 1.29 is 18.7 Å². The molecule has 0 heterocycles. The van der Waals surface area contributed by atoms with Gasteiger partial charge in [0.2, 0.25) is 0 Å². The Bertz CT molecular complexity index is 715. The summed E-state index contributed by atoms with van der Waals surface area (Å²) in [6, 6.07) is 9.61. The van der Waals surface area contributed by atoms with Gasteiger partial charge in [0.15, 0.2) is 11.5 Å². The van der Waals surface area contributed by atoms with Crippen molar-refractivity contribution in [1.82, 2.24) is 5.32 Å². The average Bonchev–Trinajstić information content (AvgIpc) is 2.56. The monoisotopic (exact) mass is 317 g/mol. The minimum Gasteiger partial charge on any atom is -0.493 e. The van der Waals surface area contributed by atoms with E-state index in [2.05, 4.69) is 5.32 Å². The van der Waals surface area contributed by atoms with E-state index in [1.54, 1.807) is 45.4 Å². The third kappa shape index (κ3) is 3.80. The number of halogens is 1. The largest absolute Gasteiger partial charge is 0.493 e. The van der Waals surface area contributed by atoms with E-state index in [1.165, 1.54) is 6.07 Å². The van der Waals surface area contributed by atoms with Crippen LogP contribution in [0.3, 0.4) is 0 Å². The highest BCUT2D eigenvalue weighted by molar-refractivity contribution is 5.94. The van der Waals surface area contributed by atoms with Crippen LogP contribution in [0, 0.1) is 12.7 Å². The minimum absolute atomic E-state index is 0.258. The number of nitrogens with one attached hydrogen (secondary N) is 1. The van der Waals surface area contributed by atoms with Gasteiger partial charge >= 0.3 is 0 Å². The Labute approximate surface area is 135 Å². The standard InChI is InChI=1S/C18H20FNO3/c1-11-5-6-14(9-15(11)19)18(21)20-12(2)13-7-8-16(22-3)17(10-13)23-4/h5-10,12H,1-4H3,(H,20,21). The first-order valence-electron chi connectivity index (χ1n) is 7.25. The van der Waals surface area contributed by atoms with E-state index in [4.69, 9.17) is 9.47 Å². The number of hydrogen-bond donors (Lipinski definition) is 1. The molecule has 0 aliphatic carbocycles. The van der Waals surface area contributed by atoms with Gasteiger partial charge in [0, 0.05) is 5.56 Å². The van der Waals surface area contributed by atoms with Crippen LogP contribution in [0.2, 0.25) is 0 Å². The summed E-state index contributed by atoms with van der Waals surface area (Å²) in [4.78, 5) is 12.2. The summed E-state index contributed by atoms with van der Waals surface area (Å²) < 4.78 is 24.0. The third-order valence-corrected chi connectivity index (χ3v) is 3.69. The molecule has 1 atom stereocenters. The van der Waals surface area contributed by atoms with Gasteiger partial charge in [0.05, 0.1) is 20.3 Å². The maximum Gasteiger partial charge on any atom is 0.251 e. The highest BCUT2D eigenvalue weighted by Crippen LogP contribution is 2.30. The van der Waals surface area contributed by atoms with Gasteiger partial charge in [-0.3, -0.25) is 4.79 Å². The van der Waals surface area contributed by atoms with Crippen LogP contribution >= 0.6 is 0 Å². The van der Waals surface area contributed by atoms with E-state index in [0.29, 0.717) is 22.6 Å². The fourth-order valence-electron chi connectivity index (χ4n) is 2.22. The summed E-state index contributed by atoms with van der Waals surface area (Å²) >= 11 is 0.